The van der Waals surface area contributed by atoms with Gasteiger partial charge in [-0.25, -0.2) is 0 Å². The second kappa shape index (κ2) is 3.33. The molecule has 0 saturated carbocycles. The molecule has 0 radical (unpaired) electrons. The van der Waals surface area contributed by atoms with Gasteiger partial charge in [0.05, 0.1) is 0 Å². The van der Waals surface area contributed by atoms with E-state index in [4.69, 9.17) is 0 Å². The van der Waals surface area contributed by atoms with E-state index in [9.17, 15) is 0 Å². The van der Waals surface area contributed by atoms with E-state index < -0.39 is 16.6 Å². The van der Waals surface area contributed by atoms with Crippen molar-refractivity contribution in [3.8, 4) is 0 Å². The first-order chi connectivity index (χ1) is 6.87. The van der Waals surface area contributed by atoms with Crippen LogP contribution in [-0.2, 0) is 20.3 Å². The minimum absolute atomic E-state index is 0.372. The number of fused-ring (bicyclic) bond motifs is 1. The van der Waals surface area contributed by atoms with Crippen LogP contribution < -0.4 is 0 Å². The summed E-state index contributed by atoms with van der Waals surface area (Å²) in [6.45, 7) is 4.75. The predicted molar refractivity (Wildman–Crippen MR) is 65.0 cm³/mol. The van der Waals surface area contributed by atoms with Crippen molar-refractivity contribution in [2.24, 2.45) is 0 Å². The Kier molecular flexibility index (Phi) is 2.48. The van der Waals surface area contributed by atoms with Crippen LogP contribution in [0.4, 0.5) is 0 Å². The third-order valence-electron chi connectivity index (χ3n) is 4.16. The molecule has 0 saturated heterocycles. The van der Waals surface area contributed by atoms with Crippen molar-refractivity contribution in [3.63, 3.8) is 0 Å². The van der Waals surface area contributed by atoms with Crippen LogP contribution in [0.1, 0.15) is 25.0 Å². The monoisotopic (exact) mass is 236 g/mol. The molecular weight excluding hydrogens is 216 g/mol. The third kappa shape index (κ3) is 1.46. The number of hydrogen-bond donors (Lipinski definition) is 0. The van der Waals surface area contributed by atoms with Gasteiger partial charge in [0.15, 0.2) is 0 Å². The molecule has 1 aromatic rings. The molecular formula is C14H20Ti. The van der Waals surface area contributed by atoms with Crippen LogP contribution in [0.2, 0.25) is 15.7 Å². The van der Waals surface area contributed by atoms with Crippen LogP contribution >= 0.6 is 0 Å². The van der Waals surface area contributed by atoms with Gasteiger partial charge in [-0.2, -0.15) is 0 Å². The van der Waals surface area contributed by atoms with Gasteiger partial charge in [0.2, 0.25) is 0 Å². The van der Waals surface area contributed by atoms with E-state index in [1.54, 1.807) is 11.1 Å². The molecule has 1 aromatic carbocycles. The molecule has 2 rings (SSSR count). The van der Waals surface area contributed by atoms with E-state index in [1.807, 2.05) is 0 Å². The summed E-state index contributed by atoms with van der Waals surface area (Å²) >= 11 is -1.75. The van der Waals surface area contributed by atoms with Gasteiger partial charge in [-0.15, -0.1) is 0 Å². The molecule has 0 aliphatic heterocycles. The maximum atomic E-state index is 2.51. The average molecular weight is 236 g/mol. The Morgan fingerprint density at radius 2 is 1.67 bits per heavy atom. The van der Waals surface area contributed by atoms with Gasteiger partial charge in [-0.3, -0.25) is 0 Å². The SMILES string of the molecule is CC1=Cc2ccccc2[C]1(C)[Ti]([CH3])([CH3])[CH3]. The van der Waals surface area contributed by atoms with Gasteiger partial charge in [-0.05, 0) is 0 Å². The second-order valence-electron chi connectivity index (χ2n) is 5.79. The molecule has 0 aromatic heterocycles. The first kappa shape index (κ1) is 11.2. The Labute approximate surface area is 96.8 Å². The Morgan fingerprint density at radius 3 is 2.27 bits per heavy atom. The average Bonchev–Trinajstić information content (AvgIpc) is 2.40. The number of rotatable bonds is 1. The summed E-state index contributed by atoms with van der Waals surface area (Å²) in [6, 6.07) is 8.89. The van der Waals surface area contributed by atoms with E-state index in [-0.39, 0.29) is 0 Å². The molecule has 0 heterocycles. The van der Waals surface area contributed by atoms with Crippen molar-refractivity contribution in [2.45, 2.75) is 33.3 Å². The normalized spacial score (nSPS) is 25.0. The Hall–Kier alpha value is -0.326. The Morgan fingerprint density at radius 1 is 1.07 bits per heavy atom. The third-order valence-corrected chi connectivity index (χ3v) is 9.88. The fourth-order valence-electron chi connectivity index (χ4n) is 2.66. The molecule has 80 valence electrons. The van der Waals surface area contributed by atoms with Crippen molar-refractivity contribution in [3.05, 3.63) is 41.0 Å². The Balaban J connectivity index is 2.67. The summed E-state index contributed by atoms with van der Waals surface area (Å²) in [5.41, 5.74) is 4.57. The summed E-state index contributed by atoms with van der Waals surface area (Å²) in [4.78, 5) is 0. The summed E-state index contributed by atoms with van der Waals surface area (Å²) in [7, 11) is 0. The summed E-state index contributed by atoms with van der Waals surface area (Å²) in [5, 5.41) is 7.54. The van der Waals surface area contributed by atoms with E-state index in [2.05, 4.69) is 59.9 Å². The fraction of sp³-hybridized carbons (Fsp3) is 0.429. The molecule has 0 bridgehead atoms. The molecule has 0 spiro atoms. The summed E-state index contributed by atoms with van der Waals surface area (Å²) in [6.07, 6.45) is 2.38. The summed E-state index contributed by atoms with van der Waals surface area (Å²) < 4.78 is 0.372. The maximum absolute atomic E-state index is 2.51. The van der Waals surface area contributed by atoms with Gasteiger partial charge in [0, 0.05) is 0 Å². The van der Waals surface area contributed by atoms with Gasteiger partial charge >= 0.3 is 96.9 Å². The van der Waals surface area contributed by atoms with Crippen LogP contribution in [0.25, 0.3) is 6.08 Å². The molecule has 0 N–H and O–H groups in total. The van der Waals surface area contributed by atoms with Crippen molar-refractivity contribution in [1.29, 1.82) is 0 Å². The summed E-state index contributed by atoms with van der Waals surface area (Å²) in [5.74, 6) is 0. The van der Waals surface area contributed by atoms with Crippen molar-refractivity contribution in [2.75, 3.05) is 0 Å². The zero-order valence-corrected chi connectivity index (χ0v) is 11.9. The van der Waals surface area contributed by atoms with Crippen molar-refractivity contribution >= 4 is 6.08 Å². The fourth-order valence-corrected chi connectivity index (χ4v) is 6.24. The van der Waals surface area contributed by atoms with Crippen LogP contribution in [0.5, 0.6) is 0 Å². The molecule has 0 fully saturated rings. The number of allylic oxidation sites excluding steroid dienone is 1. The van der Waals surface area contributed by atoms with Gasteiger partial charge in [0.25, 0.3) is 0 Å². The zero-order valence-electron chi connectivity index (χ0n) is 10.4. The van der Waals surface area contributed by atoms with Crippen molar-refractivity contribution < 1.29 is 16.6 Å². The van der Waals surface area contributed by atoms with Crippen LogP contribution in [0.3, 0.4) is 0 Å². The molecule has 1 unspecified atom stereocenters. The first-order valence-corrected chi connectivity index (χ1v) is 11.1. The van der Waals surface area contributed by atoms with Gasteiger partial charge in [0.1, 0.15) is 0 Å². The number of hydrogen-bond acceptors (Lipinski definition) is 0. The van der Waals surface area contributed by atoms with E-state index in [0.717, 1.165) is 0 Å². The number of benzene rings is 1. The molecule has 0 nitrogen and oxygen atoms in total. The first-order valence-electron chi connectivity index (χ1n) is 5.65. The predicted octanol–water partition coefficient (Wildman–Crippen LogP) is 4.62. The molecule has 15 heavy (non-hydrogen) atoms. The standard InChI is InChI=1S/C11H11.3CH3.Ti/c1-8-7-10-5-3-4-6-11(10)9(8)2;;;;/h3-7H,1-2H3;3*1H3;. The van der Waals surface area contributed by atoms with Gasteiger partial charge < -0.3 is 0 Å². The van der Waals surface area contributed by atoms with Crippen LogP contribution in [0, 0.1) is 0 Å². The van der Waals surface area contributed by atoms with E-state index >= 15 is 0 Å². The molecule has 0 amide bonds. The second-order valence-corrected chi connectivity index (χ2v) is 14.4. The molecule has 1 heteroatoms. The molecule has 1 atom stereocenters. The van der Waals surface area contributed by atoms with Crippen LogP contribution in [0.15, 0.2) is 29.8 Å². The topological polar surface area (TPSA) is 0 Å². The van der Waals surface area contributed by atoms with Crippen molar-refractivity contribution in [1.82, 2.24) is 0 Å². The van der Waals surface area contributed by atoms with Crippen LogP contribution in [-0.4, -0.2) is 0 Å². The van der Waals surface area contributed by atoms with E-state index in [1.165, 1.54) is 5.56 Å². The molecule has 1 aliphatic carbocycles. The zero-order chi connectivity index (χ0) is 11.3. The molecule has 1 aliphatic rings. The van der Waals surface area contributed by atoms with E-state index in [0.29, 0.717) is 3.72 Å². The Bertz CT molecular complexity index is 423. The minimum atomic E-state index is -1.75. The quantitative estimate of drug-likeness (QED) is 0.624. The van der Waals surface area contributed by atoms with Gasteiger partial charge in [-0.1, -0.05) is 0 Å².